The SMILES string of the molecule is COc1ccc(C(=O)NCC2CCN(C(C)C)C2)cc1S(=O)(=O)N1CCCCC1C. The van der Waals surface area contributed by atoms with Crippen LogP contribution in [0.2, 0.25) is 0 Å². The molecule has 2 unspecified atom stereocenters. The third kappa shape index (κ3) is 4.98. The summed E-state index contributed by atoms with van der Waals surface area (Å²) in [7, 11) is -2.28. The molecular weight excluding hydrogens is 402 g/mol. The molecule has 30 heavy (non-hydrogen) atoms. The van der Waals surface area contributed by atoms with Crippen LogP contribution in [0.4, 0.5) is 0 Å². The van der Waals surface area contributed by atoms with E-state index in [1.165, 1.54) is 17.5 Å². The molecule has 0 spiro atoms. The minimum Gasteiger partial charge on any atom is -0.495 e. The molecule has 2 aliphatic heterocycles. The fraction of sp³-hybridized carbons (Fsp3) is 0.682. The van der Waals surface area contributed by atoms with Crippen LogP contribution in [0.3, 0.4) is 0 Å². The predicted molar refractivity (Wildman–Crippen MR) is 117 cm³/mol. The van der Waals surface area contributed by atoms with E-state index in [1.54, 1.807) is 12.1 Å². The molecule has 168 valence electrons. The zero-order chi connectivity index (χ0) is 21.9. The van der Waals surface area contributed by atoms with Gasteiger partial charge in [-0.3, -0.25) is 4.79 Å². The number of hydrogen-bond donors (Lipinski definition) is 1. The summed E-state index contributed by atoms with van der Waals surface area (Å²) in [5, 5.41) is 2.99. The summed E-state index contributed by atoms with van der Waals surface area (Å²) in [4.78, 5) is 15.2. The molecule has 0 bridgehead atoms. The van der Waals surface area contributed by atoms with Gasteiger partial charge < -0.3 is 15.0 Å². The van der Waals surface area contributed by atoms with Crippen molar-refractivity contribution in [1.29, 1.82) is 0 Å². The number of ether oxygens (including phenoxy) is 1. The van der Waals surface area contributed by atoms with Gasteiger partial charge in [-0.15, -0.1) is 0 Å². The van der Waals surface area contributed by atoms with Crippen LogP contribution in [-0.2, 0) is 10.0 Å². The fourth-order valence-electron chi connectivity index (χ4n) is 4.41. The quantitative estimate of drug-likeness (QED) is 0.710. The molecular formula is C22H35N3O4S. The van der Waals surface area contributed by atoms with Crippen LogP contribution in [0.25, 0.3) is 0 Å². The van der Waals surface area contributed by atoms with Crippen molar-refractivity contribution in [2.45, 2.75) is 63.4 Å². The highest BCUT2D eigenvalue weighted by molar-refractivity contribution is 7.89. The predicted octanol–water partition coefficient (Wildman–Crippen LogP) is 2.72. The van der Waals surface area contributed by atoms with Crippen molar-refractivity contribution in [2.24, 2.45) is 5.92 Å². The van der Waals surface area contributed by atoms with Gasteiger partial charge in [-0.2, -0.15) is 4.31 Å². The van der Waals surface area contributed by atoms with Gasteiger partial charge in [0.25, 0.3) is 5.91 Å². The number of sulfonamides is 1. The summed E-state index contributed by atoms with van der Waals surface area (Å²) in [6.07, 6.45) is 3.78. The fourth-order valence-corrected chi connectivity index (χ4v) is 6.29. The Kier molecular flexibility index (Phi) is 7.42. The second-order valence-electron chi connectivity index (χ2n) is 8.78. The number of methoxy groups -OCH3 is 1. The van der Waals surface area contributed by atoms with Gasteiger partial charge >= 0.3 is 0 Å². The molecule has 7 nitrogen and oxygen atoms in total. The summed E-state index contributed by atoms with van der Waals surface area (Å²) in [6.45, 7) is 9.43. The molecule has 2 atom stereocenters. The van der Waals surface area contributed by atoms with Crippen LogP contribution in [0, 0.1) is 5.92 Å². The van der Waals surface area contributed by atoms with Crippen molar-refractivity contribution >= 4 is 15.9 Å². The first-order valence-electron chi connectivity index (χ1n) is 11.0. The molecule has 3 rings (SSSR count). The van der Waals surface area contributed by atoms with E-state index in [0.717, 1.165) is 38.8 Å². The zero-order valence-corrected chi connectivity index (χ0v) is 19.4. The summed E-state index contributed by atoms with van der Waals surface area (Å²) >= 11 is 0. The Morgan fingerprint density at radius 3 is 2.63 bits per heavy atom. The number of amides is 1. The van der Waals surface area contributed by atoms with Crippen LogP contribution in [-0.4, -0.2) is 68.9 Å². The number of benzene rings is 1. The maximum absolute atomic E-state index is 13.3. The van der Waals surface area contributed by atoms with E-state index in [1.807, 2.05) is 6.92 Å². The van der Waals surface area contributed by atoms with Gasteiger partial charge in [0.1, 0.15) is 10.6 Å². The van der Waals surface area contributed by atoms with Gasteiger partial charge in [-0.05, 0) is 70.7 Å². The molecule has 0 radical (unpaired) electrons. The minimum atomic E-state index is -3.74. The van der Waals surface area contributed by atoms with Crippen molar-refractivity contribution in [3.63, 3.8) is 0 Å². The van der Waals surface area contributed by atoms with Gasteiger partial charge in [0, 0.05) is 37.3 Å². The Balaban J connectivity index is 1.74. The van der Waals surface area contributed by atoms with Crippen LogP contribution in [0.1, 0.15) is 56.8 Å². The van der Waals surface area contributed by atoms with Crippen molar-refractivity contribution in [3.05, 3.63) is 23.8 Å². The van der Waals surface area contributed by atoms with Gasteiger partial charge in [0.2, 0.25) is 10.0 Å². The molecule has 2 saturated heterocycles. The van der Waals surface area contributed by atoms with Crippen LogP contribution >= 0.6 is 0 Å². The summed E-state index contributed by atoms with van der Waals surface area (Å²) in [5.74, 6) is 0.448. The second-order valence-corrected chi connectivity index (χ2v) is 10.6. The number of carbonyl (C=O) groups is 1. The standard InChI is InChI=1S/C22H35N3O4S/c1-16(2)24-12-10-18(15-24)14-23-22(26)19-8-9-20(29-4)21(13-19)30(27,28)25-11-6-5-7-17(25)3/h8-9,13,16-18H,5-7,10-12,14-15H2,1-4H3,(H,23,26). The first kappa shape index (κ1) is 23.0. The normalized spacial score (nSPS) is 23.6. The van der Waals surface area contributed by atoms with E-state index in [4.69, 9.17) is 4.74 Å². The first-order chi connectivity index (χ1) is 14.2. The molecule has 0 aliphatic carbocycles. The lowest BCUT2D eigenvalue weighted by atomic mass is 10.1. The number of nitrogens with one attached hydrogen (secondary N) is 1. The number of hydrogen-bond acceptors (Lipinski definition) is 5. The summed E-state index contributed by atoms with van der Waals surface area (Å²) < 4.78 is 33.5. The number of nitrogens with zero attached hydrogens (tertiary/aromatic N) is 2. The molecule has 1 N–H and O–H groups in total. The van der Waals surface area contributed by atoms with Gasteiger partial charge in [-0.1, -0.05) is 6.42 Å². The molecule has 1 amide bonds. The minimum absolute atomic E-state index is 0.0581. The van der Waals surface area contributed by atoms with E-state index in [2.05, 4.69) is 24.1 Å². The van der Waals surface area contributed by atoms with E-state index >= 15 is 0 Å². The van der Waals surface area contributed by atoms with Crippen LogP contribution in [0.5, 0.6) is 5.75 Å². The largest absolute Gasteiger partial charge is 0.495 e. The van der Waals surface area contributed by atoms with Crippen LogP contribution in [0.15, 0.2) is 23.1 Å². The van der Waals surface area contributed by atoms with Crippen molar-refractivity contribution in [1.82, 2.24) is 14.5 Å². The third-order valence-electron chi connectivity index (χ3n) is 6.35. The van der Waals surface area contributed by atoms with Crippen molar-refractivity contribution in [2.75, 3.05) is 33.3 Å². The molecule has 2 aliphatic rings. The summed E-state index contributed by atoms with van der Waals surface area (Å²) in [6, 6.07) is 5.11. The lowest BCUT2D eigenvalue weighted by Crippen LogP contribution is -2.42. The maximum atomic E-state index is 13.3. The summed E-state index contributed by atoms with van der Waals surface area (Å²) in [5.41, 5.74) is 0.345. The van der Waals surface area contributed by atoms with Crippen LogP contribution < -0.4 is 10.1 Å². The van der Waals surface area contributed by atoms with E-state index in [-0.39, 0.29) is 22.6 Å². The molecule has 1 aromatic rings. The van der Waals surface area contributed by atoms with Gasteiger partial charge in [0.05, 0.1) is 7.11 Å². The highest BCUT2D eigenvalue weighted by Gasteiger charge is 2.33. The van der Waals surface area contributed by atoms with Gasteiger partial charge in [-0.25, -0.2) is 8.42 Å². The number of rotatable bonds is 7. The second kappa shape index (κ2) is 9.66. The smallest absolute Gasteiger partial charge is 0.251 e. The monoisotopic (exact) mass is 437 g/mol. The van der Waals surface area contributed by atoms with E-state index in [0.29, 0.717) is 30.6 Å². The Morgan fingerprint density at radius 2 is 2.00 bits per heavy atom. The number of piperidine rings is 1. The average Bonchev–Trinajstić information content (AvgIpc) is 3.21. The highest BCUT2D eigenvalue weighted by atomic mass is 32.2. The molecule has 0 aromatic heterocycles. The lowest BCUT2D eigenvalue weighted by molar-refractivity contribution is 0.0947. The lowest BCUT2D eigenvalue weighted by Gasteiger charge is -2.32. The third-order valence-corrected chi connectivity index (χ3v) is 8.39. The average molecular weight is 438 g/mol. The number of carbonyl (C=O) groups excluding carboxylic acids is 1. The topological polar surface area (TPSA) is 79.0 Å². The van der Waals surface area contributed by atoms with E-state index < -0.39 is 10.0 Å². The molecule has 2 fully saturated rings. The zero-order valence-electron chi connectivity index (χ0n) is 18.6. The van der Waals surface area contributed by atoms with Crippen molar-refractivity contribution < 1.29 is 17.9 Å². The Hall–Kier alpha value is -1.64. The van der Waals surface area contributed by atoms with E-state index in [9.17, 15) is 13.2 Å². The Labute approximate surface area is 180 Å². The van der Waals surface area contributed by atoms with Crippen molar-refractivity contribution in [3.8, 4) is 5.75 Å². The Morgan fingerprint density at radius 1 is 1.23 bits per heavy atom. The first-order valence-corrected chi connectivity index (χ1v) is 12.4. The Bertz CT molecular complexity index is 856. The molecule has 0 saturated carbocycles. The molecule has 1 aromatic carbocycles. The molecule has 8 heteroatoms. The van der Waals surface area contributed by atoms with Gasteiger partial charge in [0.15, 0.2) is 0 Å². The molecule has 2 heterocycles. The highest BCUT2D eigenvalue weighted by Crippen LogP contribution is 2.31. The maximum Gasteiger partial charge on any atom is 0.251 e. The number of likely N-dealkylation sites (tertiary alicyclic amines) is 1.